The van der Waals surface area contributed by atoms with Gasteiger partial charge in [0, 0.05) is 4.88 Å². The van der Waals surface area contributed by atoms with Gasteiger partial charge in [-0.05, 0) is 48.6 Å². The number of rotatable bonds is 6. The molecule has 0 unspecified atom stereocenters. The highest BCUT2D eigenvalue weighted by atomic mass is 32.1. The summed E-state index contributed by atoms with van der Waals surface area (Å²) in [6.07, 6.45) is 5.49. The van der Waals surface area contributed by atoms with Crippen molar-refractivity contribution in [1.82, 2.24) is 4.98 Å². The fraction of sp³-hybridized carbons (Fsp3) is 0.500. The third-order valence-electron chi connectivity index (χ3n) is 3.73. The minimum absolute atomic E-state index is 0.00588. The van der Waals surface area contributed by atoms with E-state index in [0.717, 1.165) is 35.0 Å². The van der Waals surface area contributed by atoms with Crippen molar-refractivity contribution in [2.75, 3.05) is 5.32 Å². The second-order valence-electron chi connectivity index (χ2n) is 5.43. The monoisotopic (exact) mass is 320 g/mol. The van der Waals surface area contributed by atoms with Crippen LogP contribution in [0.4, 0.5) is 5.13 Å². The average molecular weight is 320 g/mol. The van der Waals surface area contributed by atoms with E-state index in [2.05, 4.69) is 30.2 Å². The van der Waals surface area contributed by atoms with Gasteiger partial charge in [-0.2, -0.15) is 0 Å². The summed E-state index contributed by atoms with van der Waals surface area (Å²) in [6, 6.07) is 2.10. The van der Waals surface area contributed by atoms with Crippen LogP contribution in [0.1, 0.15) is 64.8 Å². The number of aromatic nitrogens is 1. The lowest BCUT2D eigenvalue weighted by Crippen LogP contribution is -2.11. The number of anilines is 1. The Morgan fingerprint density at radius 3 is 2.90 bits per heavy atom. The van der Waals surface area contributed by atoms with Gasteiger partial charge in [0.15, 0.2) is 5.13 Å². The zero-order chi connectivity index (χ0) is 14.8. The van der Waals surface area contributed by atoms with Crippen LogP contribution >= 0.6 is 22.7 Å². The van der Waals surface area contributed by atoms with E-state index in [0.29, 0.717) is 5.92 Å². The summed E-state index contributed by atoms with van der Waals surface area (Å²) in [5.74, 6) is 0.613. The average Bonchev–Trinajstić information content (AvgIpc) is 3.07. The third-order valence-corrected chi connectivity index (χ3v) is 5.81. The lowest BCUT2D eigenvalue weighted by atomic mass is 10.1. The van der Waals surface area contributed by atoms with E-state index >= 15 is 0 Å². The number of thiazole rings is 1. The van der Waals surface area contributed by atoms with Gasteiger partial charge in [0.25, 0.3) is 5.91 Å². The number of nitrogens with one attached hydrogen (secondary N) is 1. The molecule has 3 rings (SSSR count). The standard InChI is InChI=1S/C16H20N2OS2/c1-3-5-12-13(4-2)21-16(17-12)18-15(19)14-11(8-9-20-14)10-6-7-10/h8-10H,3-7H2,1-2H3,(H,17,18,19). The molecule has 1 aliphatic rings. The van der Waals surface area contributed by atoms with Crippen molar-refractivity contribution in [2.45, 2.75) is 51.9 Å². The Balaban J connectivity index is 1.76. The molecular formula is C16H20N2OS2. The van der Waals surface area contributed by atoms with E-state index in [1.165, 1.54) is 34.6 Å². The largest absolute Gasteiger partial charge is 0.297 e. The molecular weight excluding hydrogens is 300 g/mol. The van der Waals surface area contributed by atoms with E-state index in [4.69, 9.17) is 0 Å². The van der Waals surface area contributed by atoms with Gasteiger partial charge in [-0.15, -0.1) is 22.7 Å². The van der Waals surface area contributed by atoms with Gasteiger partial charge < -0.3 is 0 Å². The van der Waals surface area contributed by atoms with Crippen LogP contribution in [0.15, 0.2) is 11.4 Å². The SMILES string of the molecule is CCCc1nc(NC(=O)c2sccc2C2CC2)sc1CC. The van der Waals surface area contributed by atoms with Crippen LogP contribution < -0.4 is 5.32 Å². The molecule has 0 saturated heterocycles. The Bertz CT molecular complexity index is 640. The Hall–Kier alpha value is -1.20. The normalized spacial score (nSPS) is 14.4. The van der Waals surface area contributed by atoms with Crippen molar-refractivity contribution in [1.29, 1.82) is 0 Å². The summed E-state index contributed by atoms with van der Waals surface area (Å²) < 4.78 is 0. The van der Waals surface area contributed by atoms with Crippen LogP contribution in [-0.4, -0.2) is 10.9 Å². The molecule has 0 radical (unpaired) electrons. The second kappa shape index (κ2) is 6.28. The molecule has 1 saturated carbocycles. The topological polar surface area (TPSA) is 42.0 Å². The molecule has 21 heavy (non-hydrogen) atoms. The predicted octanol–water partition coefficient (Wildman–Crippen LogP) is 4.85. The molecule has 2 aromatic heterocycles. The Kier molecular flexibility index (Phi) is 4.40. The quantitative estimate of drug-likeness (QED) is 0.826. The number of aryl methyl sites for hydroxylation is 2. The van der Waals surface area contributed by atoms with E-state index in [-0.39, 0.29) is 5.91 Å². The van der Waals surface area contributed by atoms with Crippen molar-refractivity contribution in [3.05, 3.63) is 32.5 Å². The van der Waals surface area contributed by atoms with Crippen LogP contribution in [0.25, 0.3) is 0 Å². The molecule has 0 aromatic carbocycles. The van der Waals surface area contributed by atoms with Crippen LogP contribution in [0.2, 0.25) is 0 Å². The first-order chi connectivity index (χ1) is 10.2. The number of amides is 1. The second-order valence-corrected chi connectivity index (χ2v) is 7.43. The fourth-order valence-electron chi connectivity index (χ4n) is 2.52. The van der Waals surface area contributed by atoms with Gasteiger partial charge >= 0.3 is 0 Å². The van der Waals surface area contributed by atoms with E-state index in [1.54, 1.807) is 11.3 Å². The van der Waals surface area contributed by atoms with Crippen LogP contribution in [0.5, 0.6) is 0 Å². The molecule has 0 atom stereocenters. The van der Waals surface area contributed by atoms with Gasteiger partial charge in [-0.25, -0.2) is 4.98 Å². The fourth-order valence-corrected chi connectivity index (χ4v) is 4.34. The lowest BCUT2D eigenvalue weighted by molar-refractivity contribution is 0.102. The van der Waals surface area contributed by atoms with Gasteiger partial charge in [0.2, 0.25) is 0 Å². The number of hydrogen-bond donors (Lipinski definition) is 1. The first-order valence-electron chi connectivity index (χ1n) is 7.60. The minimum atomic E-state index is 0.00588. The third kappa shape index (κ3) is 3.19. The van der Waals surface area contributed by atoms with Gasteiger partial charge in [-0.3, -0.25) is 10.1 Å². The molecule has 5 heteroatoms. The van der Waals surface area contributed by atoms with Crippen LogP contribution in [-0.2, 0) is 12.8 Å². The Labute approximate surface area is 133 Å². The first kappa shape index (κ1) is 14.7. The summed E-state index contributed by atoms with van der Waals surface area (Å²) >= 11 is 3.15. The summed E-state index contributed by atoms with van der Waals surface area (Å²) in [7, 11) is 0. The molecule has 0 bridgehead atoms. The first-order valence-corrected chi connectivity index (χ1v) is 9.29. The molecule has 112 valence electrons. The smallest absolute Gasteiger partial charge is 0.267 e. The molecule has 0 spiro atoms. The number of carbonyl (C=O) groups is 1. The van der Waals surface area contributed by atoms with E-state index in [1.807, 2.05) is 5.38 Å². The molecule has 0 aliphatic heterocycles. The molecule has 3 nitrogen and oxygen atoms in total. The maximum atomic E-state index is 12.5. The van der Waals surface area contributed by atoms with Crippen molar-refractivity contribution < 1.29 is 4.79 Å². The molecule has 1 N–H and O–H groups in total. The minimum Gasteiger partial charge on any atom is -0.297 e. The Morgan fingerprint density at radius 1 is 1.43 bits per heavy atom. The molecule has 1 aliphatic carbocycles. The maximum Gasteiger partial charge on any atom is 0.267 e. The summed E-state index contributed by atoms with van der Waals surface area (Å²) in [5.41, 5.74) is 2.37. The number of nitrogens with zero attached hydrogens (tertiary/aromatic N) is 1. The van der Waals surface area contributed by atoms with E-state index in [9.17, 15) is 4.79 Å². The van der Waals surface area contributed by atoms with Gasteiger partial charge in [-0.1, -0.05) is 20.3 Å². The number of carbonyl (C=O) groups excluding carboxylic acids is 1. The van der Waals surface area contributed by atoms with Gasteiger partial charge in [0.1, 0.15) is 0 Å². The van der Waals surface area contributed by atoms with E-state index < -0.39 is 0 Å². The number of hydrogen-bond acceptors (Lipinski definition) is 4. The van der Waals surface area contributed by atoms with Crippen LogP contribution in [0, 0.1) is 0 Å². The van der Waals surface area contributed by atoms with Gasteiger partial charge in [0.05, 0.1) is 10.6 Å². The zero-order valence-corrected chi connectivity index (χ0v) is 14.1. The van der Waals surface area contributed by atoms with Crippen molar-refractivity contribution in [3.63, 3.8) is 0 Å². The Morgan fingerprint density at radius 2 is 2.24 bits per heavy atom. The highest BCUT2D eigenvalue weighted by molar-refractivity contribution is 7.16. The maximum absolute atomic E-state index is 12.5. The summed E-state index contributed by atoms with van der Waals surface area (Å²) in [6.45, 7) is 4.30. The van der Waals surface area contributed by atoms with Crippen molar-refractivity contribution >= 4 is 33.7 Å². The van der Waals surface area contributed by atoms with Crippen molar-refractivity contribution in [3.8, 4) is 0 Å². The highest BCUT2D eigenvalue weighted by Gasteiger charge is 2.29. The highest BCUT2D eigenvalue weighted by Crippen LogP contribution is 2.43. The predicted molar refractivity (Wildman–Crippen MR) is 89.7 cm³/mol. The van der Waals surface area contributed by atoms with Crippen molar-refractivity contribution in [2.24, 2.45) is 0 Å². The molecule has 2 heterocycles. The summed E-state index contributed by atoms with van der Waals surface area (Å²) in [4.78, 5) is 19.2. The molecule has 1 fully saturated rings. The number of thiophene rings is 1. The lowest BCUT2D eigenvalue weighted by Gasteiger charge is -2.02. The zero-order valence-electron chi connectivity index (χ0n) is 12.4. The molecule has 2 aromatic rings. The summed E-state index contributed by atoms with van der Waals surface area (Å²) in [5, 5.41) is 5.76. The molecule has 1 amide bonds. The van der Waals surface area contributed by atoms with Crippen LogP contribution in [0.3, 0.4) is 0 Å².